The Hall–Kier alpha value is -5.53. The molecule has 7 heterocycles. The average molecular weight is 802 g/mol. The van der Waals surface area contributed by atoms with Gasteiger partial charge in [0.2, 0.25) is 0 Å². The fraction of sp³-hybridized carbons (Fsp3) is 0.429. The van der Waals surface area contributed by atoms with Crippen LogP contribution in [0.3, 0.4) is 0 Å². The molecule has 0 radical (unpaired) electrons. The zero-order chi connectivity index (χ0) is 40.3. The number of hydrogen-bond acceptors (Lipinski definition) is 11. The molecule has 0 saturated carbocycles. The predicted molar refractivity (Wildman–Crippen MR) is 205 cm³/mol. The molecular weight excluding hydrogens is 761 g/mol. The third-order valence-corrected chi connectivity index (χ3v) is 12.1. The van der Waals surface area contributed by atoms with Gasteiger partial charge in [-0.05, 0) is 87.2 Å². The van der Waals surface area contributed by atoms with E-state index in [0.29, 0.717) is 54.6 Å². The lowest BCUT2D eigenvalue weighted by Gasteiger charge is -2.40. The Kier molecular flexibility index (Phi) is 9.63. The summed E-state index contributed by atoms with van der Waals surface area (Å²) in [4.78, 5) is 23.0. The zero-order valence-electron chi connectivity index (χ0n) is 31.6. The first-order valence-electron chi connectivity index (χ1n) is 19.5. The number of piperazine rings is 1. The maximum atomic E-state index is 17.3. The molecule has 11 nitrogen and oxygen atoms in total. The summed E-state index contributed by atoms with van der Waals surface area (Å²) in [5.74, 6) is 0.565. The minimum Gasteiger partial charge on any atom is -0.508 e. The minimum absolute atomic E-state index is 0.00639. The van der Waals surface area contributed by atoms with Crippen molar-refractivity contribution < 1.29 is 41.3 Å². The van der Waals surface area contributed by atoms with Gasteiger partial charge in [-0.25, -0.2) is 18.7 Å². The van der Waals surface area contributed by atoms with Crippen LogP contribution in [0.4, 0.5) is 27.8 Å². The lowest BCUT2D eigenvalue weighted by Crippen LogP contribution is -2.56. The summed E-state index contributed by atoms with van der Waals surface area (Å²) in [5.41, 5.74) is 0.0647. The maximum Gasteiger partial charge on any atom is 0.573 e. The Labute approximate surface area is 330 Å². The van der Waals surface area contributed by atoms with Gasteiger partial charge in [0.25, 0.3) is 5.88 Å². The quantitative estimate of drug-likeness (QED) is 0.118. The minimum atomic E-state index is -4.89. The highest BCUT2D eigenvalue weighted by atomic mass is 19.4. The Morgan fingerprint density at radius 2 is 1.93 bits per heavy atom. The van der Waals surface area contributed by atoms with Gasteiger partial charge in [0.15, 0.2) is 11.6 Å². The van der Waals surface area contributed by atoms with Crippen LogP contribution < -0.4 is 24.4 Å². The molecule has 16 heteroatoms. The van der Waals surface area contributed by atoms with E-state index in [2.05, 4.69) is 37.7 Å². The van der Waals surface area contributed by atoms with Gasteiger partial charge in [-0.3, -0.25) is 4.90 Å². The van der Waals surface area contributed by atoms with E-state index in [0.717, 1.165) is 38.3 Å². The smallest absolute Gasteiger partial charge is 0.508 e. The molecule has 5 aromatic rings. The van der Waals surface area contributed by atoms with Crippen molar-refractivity contribution in [2.75, 3.05) is 37.7 Å². The van der Waals surface area contributed by atoms with E-state index in [1.165, 1.54) is 36.5 Å². The molecular formula is C42H40F5N7O4. The summed E-state index contributed by atoms with van der Waals surface area (Å²) in [6.45, 7) is 4.41. The standard InChI is InChI=1S/C42H40F5N7O4/c1-3-24-20-53-25(19-49-24)9-11-31-34-37(35(44)36(50-31)29-18-27(55)17-23-8-10-30(43)28(4-2)33(23)29)51-40(52-38(34)53)57-22-41-13-6-16-54(41)26(12-14-41)21-56-39-32(7-5-15-48-39)58-42(45,46)47/h2,5,7-8,10,15,17-18,24-26,49,55H,3,6,9,11-14,16,19-22H2,1H3/t24-,25-,26+,41+/m1/s1. The van der Waals surface area contributed by atoms with Gasteiger partial charge in [-0.1, -0.05) is 18.9 Å². The van der Waals surface area contributed by atoms with E-state index in [9.17, 15) is 18.3 Å². The number of halogens is 5. The number of ether oxygens (including phenoxy) is 3. The summed E-state index contributed by atoms with van der Waals surface area (Å²) in [5, 5.41) is 15.5. The van der Waals surface area contributed by atoms with Crippen LogP contribution in [0.5, 0.6) is 23.4 Å². The number of aromatic hydroxyl groups is 1. The van der Waals surface area contributed by atoms with Gasteiger partial charge in [-0.2, -0.15) is 9.97 Å². The van der Waals surface area contributed by atoms with Crippen molar-refractivity contribution in [2.24, 2.45) is 0 Å². The number of terminal acetylenes is 1. The number of phenolic OH excluding ortho intramolecular Hbond substituents is 1. The second-order valence-electron chi connectivity index (χ2n) is 15.5. The van der Waals surface area contributed by atoms with Crippen molar-refractivity contribution in [1.29, 1.82) is 0 Å². The summed E-state index contributed by atoms with van der Waals surface area (Å²) < 4.78 is 88.0. The fourth-order valence-corrected chi connectivity index (χ4v) is 9.40. The van der Waals surface area contributed by atoms with Crippen molar-refractivity contribution >= 4 is 27.5 Å². The number of phenols is 1. The number of benzene rings is 2. The highest BCUT2D eigenvalue weighted by Crippen LogP contribution is 2.45. The number of rotatable bonds is 9. The molecule has 3 saturated heterocycles. The molecule has 4 aliphatic rings. The second-order valence-corrected chi connectivity index (χ2v) is 15.5. The molecule has 4 aliphatic heterocycles. The van der Waals surface area contributed by atoms with Crippen molar-refractivity contribution in [2.45, 2.75) is 81.9 Å². The number of pyridine rings is 2. The molecule has 0 unspecified atom stereocenters. The van der Waals surface area contributed by atoms with Crippen LogP contribution in [0, 0.1) is 24.0 Å². The average Bonchev–Trinajstić information content (AvgIpc) is 3.73. The van der Waals surface area contributed by atoms with Crippen LogP contribution in [-0.4, -0.2) is 92.8 Å². The Balaban J connectivity index is 1.08. The Bertz CT molecular complexity index is 2460. The van der Waals surface area contributed by atoms with Gasteiger partial charge >= 0.3 is 12.4 Å². The molecule has 3 fully saturated rings. The highest BCUT2D eigenvalue weighted by molar-refractivity contribution is 6.03. The predicted octanol–water partition coefficient (Wildman–Crippen LogP) is 7.06. The number of nitrogens with zero attached hydrogens (tertiary/aromatic N) is 6. The Morgan fingerprint density at radius 1 is 1.07 bits per heavy atom. The SMILES string of the molecule is C#Cc1c(F)ccc2cc(O)cc(-c3nc4c5c(nc(OC[C@@]67CCCN6[C@H](COc6ncccc6OC(F)(F)F)CC7)nc5c3F)N3C[C@@H](CC)NC[C@H]3CC4)c12. The first-order chi connectivity index (χ1) is 27.9. The van der Waals surface area contributed by atoms with Crippen molar-refractivity contribution in [3.63, 3.8) is 0 Å². The number of hydrogen-bond donors (Lipinski definition) is 2. The van der Waals surface area contributed by atoms with Crippen molar-refractivity contribution in [3.8, 4) is 47.0 Å². The van der Waals surface area contributed by atoms with E-state index in [4.69, 9.17) is 30.8 Å². The van der Waals surface area contributed by atoms with Crippen LogP contribution in [0.1, 0.15) is 56.7 Å². The third kappa shape index (κ3) is 6.73. The van der Waals surface area contributed by atoms with Crippen LogP contribution in [0.2, 0.25) is 0 Å². The van der Waals surface area contributed by atoms with Gasteiger partial charge in [0.1, 0.15) is 41.8 Å². The third-order valence-electron chi connectivity index (χ3n) is 12.1. The number of aromatic nitrogens is 4. The fourth-order valence-electron chi connectivity index (χ4n) is 9.40. The number of alkyl halides is 3. The molecule has 0 bridgehead atoms. The largest absolute Gasteiger partial charge is 0.573 e. The van der Waals surface area contributed by atoms with Crippen LogP contribution in [0.25, 0.3) is 32.9 Å². The number of anilines is 1. The van der Waals surface area contributed by atoms with Gasteiger partial charge in [-0.15, -0.1) is 19.6 Å². The van der Waals surface area contributed by atoms with E-state index in [1.54, 1.807) is 0 Å². The summed E-state index contributed by atoms with van der Waals surface area (Å²) >= 11 is 0. The summed E-state index contributed by atoms with van der Waals surface area (Å²) in [7, 11) is 0. The van der Waals surface area contributed by atoms with E-state index < -0.39 is 29.3 Å². The normalized spacial score (nSPS) is 23.1. The summed E-state index contributed by atoms with van der Waals surface area (Å²) in [6, 6.07) is 8.03. The first-order valence-corrected chi connectivity index (χ1v) is 19.5. The van der Waals surface area contributed by atoms with E-state index in [1.807, 2.05) is 0 Å². The number of nitrogens with one attached hydrogen (secondary N) is 1. The van der Waals surface area contributed by atoms with Crippen molar-refractivity contribution in [1.82, 2.24) is 30.2 Å². The molecule has 4 atom stereocenters. The Morgan fingerprint density at radius 3 is 2.74 bits per heavy atom. The molecule has 0 amide bonds. The number of aryl methyl sites for hydroxylation is 1. The van der Waals surface area contributed by atoms with Gasteiger partial charge < -0.3 is 29.5 Å². The highest BCUT2D eigenvalue weighted by Gasteiger charge is 2.50. The molecule has 2 N–H and O–H groups in total. The molecule has 0 spiro atoms. The number of fused-ring (bicyclic) bond motifs is 4. The van der Waals surface area contributed by atoms with Crippen molar-refractivity contribution in [3.05, 3.63) is 65.5 Å². The molecule has 2 aromatic carbocycles. The molecule has 302 valence electrons. The van der Waals surface area contributed by atoms with Crippen LogP contribution in [0.15, 0.2) is 42.6 Å². The second kappa shape index (κ2) is 14.7. The monoisotopic (exact) mass is 801 g/mol. The summed E-state index contributed by atoms with van der Waals surface area (Å²) in [6.07, 6.45) is 7.34. The van der Waals surface area contributed by atoms with Gasteiger partial charge in [0, 0.05) is 48.4 Å². The molecule has 3 aromatic heterocycles. The lowest BCUT2D eigenvalue weighted by atomic mass is 9.95. The molecule has 0 aliphatic carbocycles. The van der Waals surface area contributed by atoms with E-state index in [-0.39, 0.29) is 76.7 Å². The van der Waals surface area contributed by atoms with E-state index >= 15 is 8.78 Å². The van der Waals surface area contributed by atoms with Crippen LogP contribution in [-0.2, 0) is 6.42 Å². The maximum absolute atomic E-state index is 17.3. The molecule has 58 heavy (non-hydrogen) atoms. The zero-order valence-corrected chi connectivity index (χ0v) is 31.6. The topological polar surface area (TPSA) is 118 Å². The van der Waals surface area contributed by atoms with Gasteiger partial charge in [0.05, 0.1) is 22.2 Å². The van der Waals surface area contributed by atoms with Crippen LogP contribution >= 0.6 is 0 Å². The molecule has 9 rings (SSSR count). The lowest BCUT2D eigenvalue weighted by molar-refractivity contribution is -0.275. The first kappa shape index (κ1) is 38.0.